The van der Waals surface area contributed by atoms with E-state index in [0.717, 1.165) is 42.0 Å². The van der Waals surface area contributed by atoms with Crippen molar-refractivity contribution in [2.45, 2.75) is 45.8 Å². The van der Waals surface area contributed by atoms with E-state index in [1.165, 1.54) is 0 Å². The lowest BCUT2D eigenvalue weighted by molar-refractivity contribution is 0.200. The zero-order chi connectivity index (χ0) is 15.2. The van der Waals surface area contributed by atoms with E-state index in [4.69, 9.17) is 11.6 Å². The number of halogens is 1. The minimum atomic E-state index is -0.508. The van der Waals surface area contributed by atoms with Crippen LogP contribution in [-0.4, -0.2) is 15.1 Å². The van der Waals surface area contributed by atoms with Gasteiger partial charge in [0.05, 0.1) is 18.3 Å². The molecule has 1 heterocycles. The van der Waals surface area contributed by atoms with Crippen LogP contribution < -0.4 is 5.32 Å². The Hall–Kier alpha value is -1.52. The van der Waals surface area contributed by atoms with Crippen molar-refractivity contribution < 1.29 is 5.11 Å². The summed E-state index contributed by atoms with van der Waals surface area (Å²) in [6.07, 6.45) is 2.64. The molecule has 0 saturated carbocycles. The Morgan fingerprint density at radius 1 is 1.38 bits per heavy atom. The molecular weight excluding hydrogens is 286 g/mol. The van der Waals surface area contributed by atoms with E-state index in [9.17, 15) is 5.11 Å². The highest BCUT2D eigenvalue weighted by Crippen LogP contribution is 2.23. The van der Waals surface area contributed by atoms with Gasteiger partial charge in [-0.25, -0.2) is 4.98 Å². The number of hydrogen-bond donors (Lipinski definition) is 3. The fourth-order valence-corrected chi connectivity index (χ4v) is 2.44. The number of hydrogen-bond acceptors (Lipinski definition) is 3. The lowest BCUT2D eigenvalue weighted by Gasteiger charge is -2.13. The summed E-state index contributed by atoms with van der Waals surface area (Å²) in [7, 11) is 0. The van der Waals surface area contributed by atoms with E-state index in [-0.39, 0.29) is 0 Å². The first-order valence-corrected chi connectivity index (χ1v) is 7.73. The molecule has 0 aliphatic rings. The van der Waals surface area contributed by atoms with Gasteiger partial charge in [-0.3, -0.25) is 0 Å². The second kappa shape index (κ2) is 7.48. The van der Waals surface area contributed by atoms with E-state index >= 15 is 0 Å². The second-order valence-electron chi connectivity index (χ2n) is 5.17. The summed E-state index contributed by atoms with van der Waals surface area (Å²) in [5.74, 6) is 0.933. The molecule has 2 rings (SSSR count). The number of benzene rings is 1. The van der Waals surface area contributed by atoms with Crippen LogP contribution in [0.1, 0.15) is 49.9 Å². The first-order chi connectivity index (χ1) is 10.1. The third-order valence-electron chi connectivity index (χ3n) is 3.41. The molecule has 5 heteroatoms. The molecular formula is C16H22ClN3O. The first kappa shape index (κ1) is 15.9. The summed E-state index contributed by atoms with van der Waals surface area (Å²) in [6, 6.07) is 7.72. The normalized spacial score (nSPS) is 12.4. The molecule has 0 aliphatic heterocycles. The Morgan fingerprint density at radius 2 is 2.14 bits per heavy atom. The average molecular weight is 308 g/mol. The summed E-state index contributed by atoms with van der Waals surface area (Å²) >= 11 is 6.16. The molecule has 0 bridgehead atoms. The molecule has 0 saturated heterocycles. The molecule has 21 heavy (non-hydrogen) atoms. The molecule has 0 fully saturated rings. The number of aliphatic hydroxyl groups is 1. The summed E-state index contributed by atoms with van der Waals surface area (Å²) in [5, 5.41) is 13.6. The average Bonchev–Trinajstić information content (AvgIpc) is 2.83. The number of H-pyrrole nitrogens is 1. The summed E-state index contributed by atoms with van der Waals surface area (Å²) in [4.78, 5) is 7.61. The summed E-state index contributed by atoms with van der Waals surface area (Å²) in [5.41, 5.74) is 2.66. The first-order valence-electron chi connectivity index (χ1n) is 7.36. The number of aromatic amines is 1. The lowest BCUT2D eigenvalue weighted by atomic mass is 10.1. The van der Waals surface area contributed by atoms with Gasteiger partial charge in [-0.05, 0) is 19.4 Å². The molecule has 114 valence electrons. The van der Waals surface area contributed by atoms with Crippen LogP contribution in [0.3, 0.4) is 0 Å². The van der Waals surface area contributed by atoms with Crippen LogP contribution in [0.4, 0.5) is 5.69 Å². The molecule has 2 aromatic rings. The molecule has 0 amide bonds. The number of nitrogens with zero attached hydrogens (tertiary/aromatic N) is 1. The van der Waals surface area contributed by atoms with Gasteiger partial charge >= 0.3 is 0 Å². The van der Waals surface area contributed by atoms with Crippen molar-refractivity contribution in [2.75, 3.05) is 5.32 Å². The fraction of sp³-hybridized carbons (Fsp3) is 0.438. The standard InChI is InChI=1S/C16H22ClN3O/c1-3-4-9-15-19-14(16(17)20-15)10-18-13-8-6-5-7-12(13)11(2)21/h5-8,11,18,21H,3-4,9-10H2,1-2H3,(H,19,20). The molecule has 1 atom stereocenters. The quantitative estimate of drug-likeness (QED) is 0.722. The Bertz CT molecular complexity index is 581. The van der Waals surface area contributed by atoms with Crippen LogP contribution in [0.15, 0.2) is 24.3 Å². The Kier molecular flexibility index (Phi) is 5.65. The zero-order valence-corrected chi connectivity index (χ0v) is 13.2. The van der Waals surface area contributed by atoms with Gasteiger partial charge in [-0.2, -0.15) is 0 Å². The molecule has 1 unspecified atom stereocenters. The molecule has 1 aromatic heterocycles. The number of aromatic nitrogens is 2. The van der Waals surface area contributed by atoms with Crippen LogP contribution >= 0.6 is 11.6 Å². The van der Waals surface area contributed by atoms with Crippen LogP contribution in [0.2, 0.25) is 5.15 Å². The highest BCUT2D eigenvalue weighted by Gasteiger charge is 2.10. The van der Waals surface area contributed by atoms with Crippen molar-refractivity contribution >= 4 is 17.3 Å². The molecule has 3 N–H and O–H groups in total. The van der Waals surface area contributed by atoms with E-state index < -0.39 is 6.10 Å². The van der Waals surface area contributed by atoms with Gasteiger partial charge in [0.2, 0.25) is 0 Å². The van der Waals surface area contributed by atoms with Crippen LogP contribution in [0.5, 0.6) is 0 Å². The van der Waals surface area contributed by atoms with Crippen molar-refractivity contribution in [1.29, 1.82) is 0 Å². The predicted octanol–water partition coefficient (Wildman–Crippen LogP) is 4.07. The largest absolute Gasteiger partial charge is 0.389 e. The van der Waals surface area contributed by atoms with Gasteiger partial charge in [0.1, 0.15) is 5.82 Å². The van der Waals surface area contributed by atoms with Crippen molar-refractivity contribution in [3.8, 4) is 0 Å². The smallest absolute Gasteiger partial charge is 0.152 e. The molecule has 0 aliphatic carbocycles. The molecule has 0 spiro atoms. The summed E-state index contributed by atoms with van der Waals surface area (Å²) < 4.78 is 0. The topological polar surface area (TPSA) is 60.9 Å². The van der Waals surface area contributed by atoms with Crippen LogP contribution in [0.25, 0.3) is 0 Å². The monoisotopic (exact) mass is 307 g/mol. The van der Waals surface area contributed by atoms with E-state index in [1.807, 2.05) is 24.3 Å². The highest BCUT2D eigenvalue weighted by atomic mass is 35.5. The third kappa shape index (κ3) is 4.22. The number of rotatable bonds is 7. The van der Waals surface area contributed by atoms with Gasteiger partial charge in [0.25, 0.3) is 0 Å². The van der Waals surface area contributed by atoms with E-state index in [1.54, 1.807) is 6.92 Å². The number of anilines is 1. The zero-order valence-electron chi connectivity index (χ0n) is 12.5. The van der Waals surface area contributed by atoms with E-state index in [2.05, 4.69) is 22.2 Å². The Morgan fingerprint density at radius 3 is 2.86 bits per heavy atom. The Balaban J connectivity index is 2.05. The number of imidazole rings is 1. The fourth-order valence-electron chi connectivity index (χ4n) is 2.23. The number of nitrogens with one attached hydrogen (secondary N) is 2. The molecule has 0 radical (unpaired) electrons. The minimum absolute atomic E-state index is 0.508. The summed E-state index contributed by atoms with van der Waals surface area (Å²) in [6.45, 7) is 4.47. The van der Waals surface area contributed by atoms with Crippen molar-refractivity contribution in [3.63, 3.8) is 0 Å². The highest BCUT2D eigenvalue weighted by molar-refractivity contribution is 6.30. The third-order valence-corrected chi connectivity index (χ3v) is 3.72. The maximum atomic E-state index is 9.77. The number of para-hydroxylation sites is 1. The van der Waals surface area contributed by atoms with Crippen molar-refractivity contribution in [1.82, 2.24) is 9.97 Å². The van der Waals surface area contributed by atoms with Crippen molar-refractivity contribution in [2.24, 2.45) is 0 Å². The van der Waals surface area contributed by atoms with Gasteiger partial charge in [-0.1, -0.05) is 43.1 Å². The number of unbranched alkanes of at least 4 members (excludes halogenated alkanes) is 1. The second-order valence-corrected chi connectivity index (χ2v) is 5.53. The minimum Gasteiger partial charge on any atom is -0.389 e. The van der Waals surface area contributed by atoms with E-state index in [0.29, 0.717) is 11.7 Å². The van der Waals surface area contributed by atoms with Gasteiger partial charge in [-0.15, -0.1) is 0 Å². The van der Waals surface area contributed by atoms with Crippen LogP contribution in [0, 0.1) is 0 Å². The molecule has 4 nitrogen and oxygen atoms in total. The molecule has 1 aromatic carbocycles. The number of aliphatic hydroxyl groups excluding tert-OH is 1. The van der Waals surface area contributed by atoms with Gasteiger partial charge < -0.3 is 15.4 Å². The number of aryl methyl sites for hydroxylation is 1. The van der Waals surface area contributed by atoms with Crippen molar-refractivity contribution in [3.05, 3.63) is 46.5 Å². The maximum absolute atomic E-state index is 9.77. The van der Waals surface area contributed by atoms with Gasteiger partial charge in [0.15, 0.2) is 5.15 Å². The lowest BCUT2D eigenvalue weighted by Crippen LogP contribution is -2.05. The van der Waals surface area contributed by atoms with Crippen LogP contribution in [-0.2, 0) is 13.0 Å². The Labute approximate surface area is 130 Å². The maximum Gasteiger partial charge on any atom is 0.152 e. The van der Waals surface area contributed by atoms with Gasteiger partial charge in [0, 0.05) is 17.7 Å². The predicted molar refractivity (Wildman–Crippen MR) is 86.6 cm³/mol. The SMILES string of the molecule is CCCCc1nc(Cl)c(CNc2ccccc2C(C)O)[nH]1.